The van der Waals surface area contributed by atoms with Crippen molar-refractivity contribution in [1.29, 1.82) is 0 Å². The molecule has 0 aliphatic carbocycles. The second-order valence-corrected chi connectivity index (χ2v) is 6.64. The van der Waals surface area contributed by atoms with Crippen LogP contribution >= 0.6 is 0 Å². The zero-order valence-electron chi connectivity index (χ0n) is 13.9. The molecule has 1 aromatic heterocycles. The number of amides is 2. The Morgan fingerprint density at radius 1 is 1.12 bits per heavy atom. The molecule has 128 valence electrons. The van der Waals surface area contributed by atoms with Crippen molar-refractivity contribution in [2.75, 3.05) is 6.54 Å². The van der Waals surface area contributed by atoms with Gasteiger partial charge in [-0.3, -0.25) is 9.78 Å². The Bertz CT molecular complexity index is 804. The predicted molar refractivity (Wildman–Crippen MR) is 92.2 cm³/mol. The number of carbonyl (C=O) groups excluding carboxylic acids is 1. The summed E-state index contributed by atoms with van der Waals surface area (Å²) >= 11 is 0. The minimum absolute atomic E-state index is 0.0563. The average Bonchev–Trinajstić information content (AvgIpc) is 3.20. The first-order valence-corrected chi connectivity index (χ1v) is 8.40. The molecule has 1 aromatic carbocycles. The van der Waals surface area contributed by atoms with Crippen LogP contribution in [0, 0.1) is 0 Å². The number of fused-ring (bicyclic) bond motifs is 2. The molecule has 2 saturated heterocycles. The second-order valence-electron chi connectivity index (χ2n) is 6.64. The van der Waals surface area contributed by atoms with Crippen LogP contribution in [0.5, 0.6) is 0 Å². The van der Waals surface area contributed by atoms with Gasteiger partial charge in [-0.25, -0.2) is 4.79 Å². The van der Waals surface area contributed by atoms with Crippen LogP contribution < -0.4 is 0 Å². The Morgan fingerprint density at radius 3 is 2.48 bits per heavy atom. The highest BCUT2D eigenvalue weighted by atomic mass is 16.4. The van der Waals surface area contributed by atoms with Crippen LogP contribution in [0.25, 0.3) is 11.1 Å². The van der Waals surface area contributed by atoms with Gasteiger partial charge < -0.3 is 14.9 Å². The van der Waals surface area contributed by atoms with E-state index in [2.05, 4.69) is 4.98 Å². The maximum Gasteiger partial charge on any atom is 0.407 e. The van der Waals surface area contributed by atoms with E-state index in [1.807, 2.05) is 43.3 Å². The molecule has 3 unspecified atom stereocenters. The highest BCUT2D eigenvalue weighted by Crippen LogP contribution is 2.36. The number of benzene rings is 1. The van der Waals surface area contributed by atoms with Crippen LogP contribution in [-0.4, -0.2) is 56.6 Å². The van der Waals surface area contributed by atoms with Gasteiger partial charge in [-0.15, -0.1) is 0 Å². The van der Waals surface area contributed by atoms with Gasteiger partial charge in [0.1, 0.15) is 5.69 Å². The molecule has 2 aliphatic rings. The first-order valence-electron chi connectivity index (χ1n) is 8.40. The normalized spacial score (nSPS) is 24.6. The highest BCUT2D eigenvalue weighted by molar-refractivity contribution is 5.93. The predicted octanol–water partition coefficient (Wildman–Crippen LogP) is 2.71. The van der Waals surface area contributed by atoms with Gasteiger partial charge in [0, 0.05) is 18.3 Å². The monoisotopic (exact) mass is 337 g/mol. The lowest BCUT2D eigenvalue weighted by molar-refractivity contribution is 0.0465. The van der Waals surface area contributed by atoms with Crippen LogP contribution in [0.4, 0.5) is 4.79 Å². The van der Waals surface area contributed by atoms with Gasteiger partial charge >= 0.3 is 6.09 Å². The first-order chi connectivity index (χ1) is 12.1. The van der Waals surface area contributed by atoms with Crippen LogP contribution in [0.3, 0.4) is 0 Å². The van der Waals surface area contributed by atoms with Gasteiger partial charge in [-0.2, -0.15) is 0 Å². The molecule has 6 heteroatoms. The van der Waals surface area contributed by atoms with Crippen molar-refractivity contribution in [1.82, 2.24) is 14.8 Å². The Kier molecular flexibility index (Phi) is 3.67. The van der Waals surface area contributed by atoms with Gasteiger partial charge in [-0.05, 0) is 25.0 Å². The van der Waals surface area contributed by atoms with E-state index < -0.39 is 6.09 Å². The van der Waals surface area contributed by atoms with E-state index in [-0.39, 0.29) is 24.0 Å². The second kappa shape index (κ2) is 5.88. The third-order valence-electron chi connectivity index (χ3n) is 5.28. The number of likely N-dealkylation sites (tertiary alicyclic amines) is 2. The zero-order valence-corrected chi connectivity index (χ0v) is 13.9. The maximum absolute atomic E-state index is 12.9. The van der Waals surface area contributed by atoms with Gasteiger partial charge in [0.2, 0.25) is 0 Å². The number of carbonyl (C=O) groups is 2. The van der Waals surface area contributed by atoms with E-state index in [0.717, 1.165) is 11.1 Å². The Labute approximate surface area is 145 Å². The van der Waals surface area contributed by atoms with Gasteiger partial charge in [0.05, 0.1) is 18.1 Å². The van der Waals surface area contributed by atoms with Crippen molar-refractivity contribution in [3.05, 3.63) is 54.4 Å². The lowest BCUT2D eigenvalue weighted by Gasteiger charge is -2.37. The molecule has 0 spiro atoms. The largest absolute Gasteiger partial charge is 0.465 e. The number of rotatable bonds is 2. The van der Waals surface area contributed by atoms with Crippen molar-refractivity contribution < 1.29 is 14.7 Å². The summed E-state index contributed by atoms with van der Waals surface area (Å²) in [5.41, 5.74) is 2.42. The van der Waals surface area contributed by atoms with Gasteiger partial charge in [0.25, 0.3) is 5.91 Å². The highest BCUT2D eigenvalue weighted by Gasteiger charge is 2.52. The lowest BCUT2D eigenvalue weighted by atomic mass is 10.1. The molecule has 0 radical (unpaired) electrons. The number of pyridine rings is 1. The standard InChI is InChI=1S/C19H19N3O3/c1-12-17-9-15(11-21(17)19(24)25)22(12)18(23)16-8-7-14(10-20-16)13-5-3-2-4-6-13/h2-8,10,12,15,17H,9,11H2,1H3,(H,24,25). The van der Waals surface area contributed by atoms with E-state index >= 15 is 0 Å². The first kappa shape index (κ1) is 15.6. The van der Waals surface area contributed by atoms with E-state index in [1.165, 1.54) is 4.90 Å². The molecule has 1 N–H and O–H groups in total. The van der Waals surface area contributed by atoms with E-state index in [0.29, 0.717) is 18.7 Å². The van der Waals surface area contributed by atoms with Crippen LogP contribution in [-0.2, 0) is 0 Å². The summed E-state index contributed by atoms with van der Waals surface area (Å²) in [6, 6.07) is 13.2. The topological polar surface area (TPSA) is 73.7 Å². The van der Waals surface area contributed by atoms with Crippen molar-refractivity contribution in [2.45, 2.75) is 31.5 Å². The van der Waals surface area contributed by atoms with Crippen molar-refractivity contribution in [3.8, 4) is 11.1 Å². The summed E-state index contributed by atoms with van der Waals surface area (Å²) in [4.78, 5) is 31.7. The van der Waals surface area contributed by atoms with E-state index in [9.17, 15) is 14.7 Å². The number of nitrogens with zero attached hydrogens (tertiary/aromatic N) is 3. The van der Waals surface area contributed by atoms with Crippen LogP contribution in [0.15, 0.2) is 48.7 Å². The summed E-state index contributed by atoms with van der Waals surface area (Å²) in [5.74, 6) is -0.121. The summed E-state index contributed by atoms with van der Waals surface area (Å²) in [6.45, 7) is 2.30. The fourth-order valence-corrected chi connectivity index (χ4v) is 4.04. The van der Waals surface area contributed by atoms with Crippen molar-refractivity contribution in [2.24, 2.45) is 0 Å². The Balaban J connectivity index is 1.54. The lowest BCUT2D eigenvalue weighted by Crippen LogP contribution is -2.55. The minimum Gasteiger partial charge on any atom is -0.465 e. The smallest absolute Gasteiger partial charge is 0.407 e. The average molecular weight is 337 g/mol. The summed E-state index contributed by atoms with van der Waals surface area (Å²) in [5, 5.41) is 9.24. The van der Waals surface area contributed by atoms with Crippen LogP contribution in [0.2, 0.25) is 0 Å². The number of hydrogen-bond acceptors (Lipinski definition) is 3. The molecule has 2 aliphatic heterocycles. The molecule has 6 nitrogen and oxygen atoms in total. The Morgan fingerprint density at radius 2 is 1.88 bits per heavy atom. The van der Waals surface area contributed by atoms with E-state index in [4.69, 9.17) is 0 Å². The molecular weight excluding hydrogens is 318 g/mol. The number of aromatic nitrogens is 1. The van der Waals surface area contributed by atoms with Crippen LogP contribution in [0.1, 0.15) is 23.8 Å². The molecule has 4 rings (SSSR count). The summed E-state index contributed by atoms with van der Waals surface area (Å²) in [7, 11) is 0. The molecule has 2 bridgehead atoms. The molecule has 2 aromatic rings. The maximum atomic E-state index is 12.9. The molecule has 3 heterocycles. The number of carboxylic acid groups (broad SMARTS) is 1. The molecule has 25 heavy (non-hydrogen) atoms. The fourth-order valence-electron chi connectivity index (χ4n) is 4.04. The molecule has 2 fully saturated rings. The molecule has 3 atom stereocenters. The zero-order chi connectivity index (χ0) is 17.6. The van der Waals surface area contributed by atoms with Gasteiger partial charge in [0.15, 0.2) is 0 Å². The molecular formula is C19H19N3O3. The quantitative estimate of drug-likeness (QED) is 0.914. The number of hydrogen-bond donors (Lipinski definition) is 1. The third-order valence-corrected chi connectivity index (χ3v) is 5.28. The van der Waals surface area contributed by atoms with Crippen molar-refractivity contribution in [3.63, 3.8) is 0 Å². The minimum atomic E-state index is -0.906. The summed E-state index contributed by atoms with van der Waals surface area (Å²) in [6.07, 6.45) is 1.52. The number of piperazine rings is 1. The fraction of sp³-hybridized carbons (Fsp3) is 0.316. The van der Waals surface area contributed by atoms with Crippen molar-refractivity contribution >= 4 is 12.0 Å². The SMILES string of the molecule is CC1C2CC(CN2C(=O)O)N1C(=O)c1ccc(-c2ccccc2)cn1. The van der Waals surface area contributed by atoms with E-state index in [1.54, 1.807) is 17.2 Å². The van der Waals surface area contributed by atoms with Gasteiger partial charge in [-0.1, -0.05) is 36.4 Å². The molecule has 0 saturated carbocycles. The summed E-state index contributed by atoms with van der Waals surface area (Å²) < 4.78 is 0. The Hall–Kier alpha value is -2.89. The molecule has 2 amide bonds. The third kappa shape index (κ3) is 2.54.